The SMILES string of the molecule is CC(C)c1cc(NCCCn2ccnn2)ncn1. The molecular formula is C12H18N6. The average Bonchev–Trinajstić information content (AvgIpc) is 2.88. The third-order valence-electron chi connectivity index (χ3n) is 2.62. The molecule has 0 amide bonds. The molecule has 0 unspecified atom stereocenters. The third kappa shape index (κ3) is 3.51. The van der Waals surface area contributed by atoms with Crippen LogP contribution in [0.4, 0.5) is 5.82 Å². The average molecular weight is 246 g/mol. The molecule has 2 aromatic heterocycles. The van der Waals surface area contributed by atoms with Gasteiger partial charge in [-0.05, 0) is 12.3 Å². The van der Waals surface area contributed by atoms with Crippen LogP contribution in [-0.2, 0) is 6.54 Å². The molecule has 2 aromatic rings. The summed E-state index contributed by atoms with van der Waals surface area (Å²) >= 11 is 0. The van der Waals surface area contributed by atoms with Crippen LogP contribution in [0.15, 0.2) is 24.8 Å². The Morgan fingerprint density at radius 1 is 1.33 bits per heavy atom. The zero-order chi connectivity index (χ0) is 12.8. The van der Waals surface area contributed by atoms with Gasteiger partial charge in [0, 0.05) is 31.0 Å². The van der Waals surface area contributed by atoms with Gasteiger partial charge < -0.3 is 5.32 Å². The number of nitrogens with zero attached hydrogens (tertiary/aromatic N) is 5. The van der Waals surface area contributed by atoms with E-state index in [1.807, 2.05) is 16.9 Å². The topological polar surface area (TPSA) is 68.5 Å². The highest BCUT2D eigenvalue weighted by molar-refractivity contribution is 5.35. The van der Waals surface area contributed by atoms with Gasteiger partial charge in [0.05, 0.1) is 6.20 Å². The first-order valence-corrected chi connectivity index (χ1v) is 6.15. The first-order valence-electron chi connectivity index (χ1n) is 6.15. The zero-order valence-corrected chi connectivity index (χ0v) is 10.7. The Kier molecular flexibility index (Phi) is 4.22. The molecule has 2 rings (SSSR count). The van der Waals surface area contributed by atoms with Gasteiger partial charge in [-0.25, -0.2) is 9.97 Å². The van der Waals surface area contributed by atoms with Crippen LogP contribution in [0.3, 0.4) is 0 Å². The highest BCUT2D eigenvalue weighted by atomic mass is 15.4. The van der Waals surface area contributed by atoms with Crippen molar-refractivity contribution in [2.24, 2.45) is 0 Å². The van der Waals surface area contributed by atoms with E-state index in [9.17, 15) is 0 Å². The first-order chi connectivity index (χ1) is 8.75. The standard InChI is InChI=1S/C12H18N6/c1-10(2)11-8-12(15-9-14-11)13-4-3-6-18-7-5-16-17-18/h5,7-10H,3-4,6H2,1-2H3,(H,13,14,15). The third-order valence-corrected chi connectivity index (χ3v) is 2.62. The predicted molar refractivity (Wildman–Crippen MR) is 69.2 cm³/mol. The van der Waals surface area contributed by atoms with E-state index in [4.69, 9.17) is 0 Å². The smallest absolute Gasteiger partial charge is 0.129 e. The minimum atomic E-state index is 0.420. The van der Waals surface area contributed by atoms with Crippen molar-refractivity contribution < 1.29 is 0 Å². The number of anilines is 1. The number of rotatable bonds is 6. The molecule has 0 bridgehead atoms. The summed E-state index contributed by atoms with van der Waals surface area (Å²) in [5, 5.41) is 11.0. The first kappa shape index (κ1) is 12.5. The van der Waals surface area contributed by atoms with Gasteiger partial charge in [0.25, 0.3) is 0 Å². The monoisotopic (exact) mass is 246 g/mol. The van der Waals surface area contributed by atoms with E-state index in [-0.39, 0.29) is 0 Å². The molecule has 1 N–H and O–H groups in total. The Morgan fingerprint density at radius 2 is 2.22 bits per heavy atom. The molecule has 0 aromatic carbocycles. The summed E-state index contributed by atoms with van der Waals surface area (Å²) in [6, 6.07) is 2.00. The summed E-state index contributed by atoms with van der Waals surface area (Å²) in [5.41, 5.74) is 1.06. The van der Waals surface area contributed by atoms with Crippen LogP contribution < -0.4 is 5.32 Å². The molecule has 0 spiro atoms. The highest BCUT2D eigenvalue weighted by Crippen LogP contribution is 2.13. The fourth-order valence-corrected chi connectivity index (χ4v) is 1.59. The minimum absolute atomic E-state index is 0.420. The second kappa shape index (κ2) is 6.09. The Hall–Kier alpha value is -1.98. The maximum Gasteiger partial charge on any atom is 0.129 e. The number of aromatic nitrogens is 5. The van der Waals surface area contributed by atoms with Gasteiger partial charge in [-0.1, -0.05) is 19.1 Å². The van der Waals surface area contributed by atoms with Gasteiger partial charge >= 0.3 is 0 Å². The van der Waals surface area contributed by atoms with Crippen LogP contribution in [0, 0.1) is 0 Å². The molecule has 0 aliphatic rings. The summed E-state index contributed by atoms with van der Waals surface area (Å²) < 4.78 is 1.82. The molecule has 18 heavy (non-hydrogen) atoms. The van der Waals surface area contributed by atoms with Crippen molar-refractivity contribution in [2.45, 2.75) is 32.7 Å². The van der Waals surface area contributed by atoms with E-state index in [2.05, 4.69) is 39.4 Å². The Bertz CT molecular complexity index is 465. The molecule has 0 fully saturated rings. The molecule has 0 aliphatic heterocycles. The van der Waals surface area contributed by atoms with E-state index >= 15 is 0 Å². The fraction of sp³-hybridized carbons (Fsp3) is 0.500. The maximum atomic E-state index is 4.23. The van der Waals surface area contributed by atoms with E-state index in [1.54, 1.807) is 12.5 Å². The van der Waals surface area contributed by atoms with Crippen molar-refractivity contribution in [3.63, 3.8) is 0 Å². The van der Waals surface area contributed by atoms with Crippen LogP contribution >= 0.6 is 0 Å². The van der Waals surface area contributed by atoms with Crippen LogP contribution in [-0.4, -0.2) is 31.5 Å². The molecule has 6 heteroatoms. The quantitative estimate of drug-likeness (QED) is 0.786. The molecule has 0 aliphatic carbocycles. The van der Waals surface area contributed by atoms with Gasteiger partial charge in [0.15, 0.2) is 0 Å². The van der Waals surface area contributed by atoms with Crippen LogP contribution in [0.5, 0.6) is 0 Å². The number of hydrogen-bond acceptors (Lipinski definition) is 5. The summed E-state index contributed by atoms with van der Waals surface area (Å²) in [5.74, 6) is 1.30. The normalized spacial score (nSPS) is 10.8. The molecule has 2 heterocycles. The highest BCUT2D eigenvalue weighted by Gasteiger charge is 2.02. The van der Waals surface area contributed by atoms with E-state index in [0.29, 0.717) is 5.92 Å². The lowest BCUT2D eigenvalue weighted by atomic mass is 10.1. The van der Waals surface area contributed by atoms with Gasteiger partial charge in [0.1, 0.15) is 12.1 Å². The molecule has 0 saturated carbocycles. The van der Waals surface area contributed by atoms with Crippen molar-refractivity contribution in [2.75, 3.05) is 11.9 Å². The summed E-state index contributed by atoms with van der Waals surface area (Å²) in [4.78, 5) is 8.43. The number of hydrogen-bond donors (Lipinski definition) is 1. The van der Waals surface area contributed by atoms with E-state index < -0.39 is 0 Å². The van der Waals surface area contributed by atoms with E-state index in [1.165, 1.54) is 0 Å². The Balaban J connectivity index is 1.78. The molecule has 0 saturated heterocycles. The van der Waals surface area contributed by atoms with Crippen molar-refractivity contribution >= 4 is 5.82 Å². The molecule has 6 nitrogen and oxygen atoms in total. The van der Waals surface area contributed by atoms with Crippen molar-refractivity contribution in [3.8, 4) is 0 Å². The van der Waals surface area contributed by atoms with Gasteiger partial charge in [-0.15, -0.1) is 5.10 Å². The summed E-state index contributed by atoms with van der Waals surface area (Å²) in [7, 11) is 0. The predicted octanol–water partition coefficient (Wildman–Crippen LogP) is 1.69. The number of nitrogens with one attached hydrogen (secondary N) is 1. The van der Waals surface area contributed by atoms with Gasteiger partial charge in [-0.3, -0.25) is 4.68 Å². The molecule has 0 atom stereocenters. The lowest BCUT2D eigenvalue weighted by Crippen LogP contribution is -2.09. The summed E-state index contributed by atoms with van der Waals surface area (Å²) in [6.07, 6.45) is 6.13. The van der Waals surface area contributed by atoms with Crippen molar-refractivity contribution in [1.82, 2.24) is 25.0 Å². The van der Waals surface area contributed by atoms with E-state index in [0.717, 1.165) is 31.0 Å². The Morgan fingerprint density at radius 3 is 2.94 bits per heavy atom. The second-order valence-electron chi connectivity index (χ2n) is 4.43. The fourth-order valence-electron chi connectivity index (χ4n) is 1.59. The largest absolute Gasteiger partial charge is 0.370 e. The molecule has 0 radical (unpaired) electrons. The van der Waals surface area contributed by atoms with Crippen LogP contribution in [0.1, 0.15) is 31.9 Å². The lowest BCUT2D eigenvalue weighted by molar-refractivity contribution is 0.569. The maximum absolute atomic E-state index is 4.23. The number of aryl methyl sites for hydroxylation is 1. The second-order valence-corrected chi connectivity index (χ2v) is 4.43. The molecule has 96 valence electrons. The Labute approximate surface area is 106 Å². The van der Waals surface area contributed by atoms with Gasteiger partial charge in [0.2, 0.25) is 0 Å². The summed E-state index contributed by atoms with van der Waals surface area (Å²) in [6.45, 7) is 5.96. The molecular weight excluding hydrogens is 228 g/mol. The van der Waals surface area contributed by atoms with Crippen LogP contribution in [0.25, 0.3) is 0 Å². The van der Waals surface area contributed by atoms with Crippen molar-refractivity contribution in [1.29, 1.82) is 0 Å². The van der Waals surface area contributed by atoms with Crippen molar-refractivity contribution in [3.05, 3.63) is 30.5 Å². The minimum Gasteiger partial charge on any atom is -0.370 e. The van der Waals surface area contributed by atoms with Gasteiger partial charge in [-0.2, -0.15) is 0 Å². The zero-order valence-electron chi connectivity index (χ0n) is 10.7. The lowest BCUT2D eigenvalue weighted by Gasteiger charge is -2.08. The van der Waals surface area contributed by atoms with Crippen LogP contribution in [0.2, 0.25) is 0 Å².